The fourth-order valence-corrected chi connectivity index (χ4v) is 1.51. The van der Waals surface area contributed by atoms with Gasteiger partial charge in [0.1, 0.15) is 6.04 Å². The number of benzene rings is 1. The van der Waals surface area contributed by atoms with Crippen LogP contribution in [-0.2, 0) is 4.79 Å². The lowest BCUT2D eigenvalue weighted by Crippen LogP contribution is -2.51. The molecule has 0 spiro atoms. The van der Waals surface area contributed by atoms with E-state index in [0.29, 0.717) is 5.56 Å². The molecule has 6 nitrogen and oxygen atoms in total. The van der Waals surface area contributed by atoms with Gasteiger partial charge in [0.2, 0.25) is 0 Å². The van der Waals surface area contributed by atoms with Crippen LogP contribution in [0.2, 0.25) is 0 Å². The van der Waals surface area contributed by atoms with Crippen LogP contribution < -0.4 is 10.8 Å². The van der Waals surface area contributed by atoms with E-state index in [2.05, 4.69) is 23.1 Å². The Labute approximate surface area is 122 Å². The molecule has 4 N–H and O–H groups in total. The molecule has 2 atom stereocenters. The summed E-state index contributed by atoms with van der Waals surface area (Å²) in [5, 5.41) is 20.3. The molecular weight excluding hydrogens is 272 g/mol. The first-order valence-electron chi connectivity index (χ1n) is 5.99. The minimum Gasteiger partial charge on any atom is -0.391 e. The van der Waals surface area contributed by atoms with Crippen LogP contribution in [0.25, 0.3) is 0 Å². The van der Waals surface area contributed by atoms with E-state index in [1.807, 2.05) is 0 Å². The number of amides is 2. The third-order valence-electron chi connectivity index (χ3n) is 2.59. The predicted molar refractivity (Wildman–Crippen MR) is 75.0 cm³/mol. The summed E-state index contributed by atoms with van der Waals surface area (Å²) in [7, 11) is 0. The van der Waals surface area contributed by atoms with E-state index < -0.39 is 24.0 Å². The van der Waals surface area contributed by atoms with E-state index in [1.165, 1.54) is 24.5 Å². The van der Waals surface area contributed by atoms with E-state index in [-0.39, 0.29) is 5.56 Å². The van der Waals surface area contributed by atoms with Crippen LogP contribution in [0.1, 0.15) is 22.8 Å². The second-order valence-electron chi connectivity index (χ2n) is 4.14. The van der Waals surface area contributed by atoms with Crippen molar-refractivity contribution >= 4 is 11.8 Å². The highest BCUT2D eigenvalue weighted by Gasteiger charge is 2.25. The molecule has 0 fully saturated rings. The average Bonchev–Trinajstić information content (AvgIpc) is 2.49. The summed E-state index contributed by atoms with van der Waals surface area (Å²) in [6, 6.07) is 4.95. The van der Waals surface area contributed by atoms with Gasteiger partial charge in [-0.1, -0.05) is 5.92 Å². The number of carbonyl (C=O) groups is 2. The molecule has 0 unspecified atom stereocenters. The second-order valence-corrected chi connectivity index (χ2v) is 4.14. The first-order valence-corrected chi connectivity index (χ1v) is 5.99. The van der Waals surface area contributed by atoms with Gasteiger partial charge in [-0.3, -0.25) is 14.8 Å². The molecule has 21 heavy (non-hydrogen) atoms. The molecule has 1 aromatic rings. The number of aliphatic hydroxyl groups excluding tert-OH is 1. The summed E-state index contributed by atoms with van der Waals surface area (Å²) < 4.78 is 0. The zero-order valence-corrected chi connectivity index (χ0v) is 11.3. The number of hydrogen-bond donors (Lipinski definition) is 4. The first-order chi connectivity index (χ1) is 9.99. The van der Waals surface area contributed by atoms with Crippen molar-refractivity contribution in [3.8, 4) is 24.2 Å². The van der Waals surface area contributed by atoms with Gasteiger partial charge in [-0.15, -0.1) is 6.42 Å². The largest absolute Gasteiger partial charge is 0.391 e. The standard InChI is InChI=1S/C15H14N2O4/c1-3-4-5-11-6-8-12(9-7-11)14(19)16-13(10(2)18)15(20)17-21/h1,6-10,13,18,21H,2H3,(H,16,19)(H,17,20)/t10-,13+/m1/s1. The monoisotopic (exact) mass is 286 g/mol. The molecule has 0 bridgehead atoms. The molecule has 0 heterocycles. The fraction of sp³-hybridized carbons (Fsp3) is 0.200. The molecule has 0 aliphatic carbocycles. The van der Waals surface area contributed by atoms with Crippen LogP contribution in [0.3, 0.4) is 0 Å². The number of terminal acetylenes is 1. The van der Waals surface area contributed by atoms with E-state index in [0.717, 1.165) is 0 Å². The van der Waals surface area contributed by atoms with Crippen molar-refractivity contribution in [3.05, 3.63) is 35.4 Å². The van der Waals surface area contributed by atoms with Crippen molar-refractivity contribution in [1.29, 1.82) is 0 Å². The molecule has 1 aromatic carbocycles. The minimum absolute atomic E-state index is 0.276. The van der Waals surface area contributed by atoms with Gasteiger partial charge in [-0.05, 0) is 43.0 Å². The van der Waals surface area contributed by atoms with Gasteiger partial charge in [-0.25, -0.2) is 5.48 Å². The molecule has 0 radical (unpaired) electrons. The lowest BCUT2D eigenvalue weighted by atomic mass is 10.1. The summed E-state index contributed by atoms with van der Waals surface area (Å²) in [5.74, 6) is 5.84. The Bertz CT molecular complexity index is 618. The molecule has 2 amide bonds. The molecule has 0 saturated carbocycles. The topological polar surface area (TPSA) is 98.7 Å². The Morgan fingerprint density at radius 1 is 1.29 bits per heavy atom. The third kappa shape index (κ3) is 4.66. The fourth-order valence-electron chi connectivity index (χ4n) is 1.51. The van der Waals surface area contributed by atoms with Crippen LogP contribution in [0.15, 0.2) is 24.3 Å². The highest BCUT2D eigenvalue weighted by molar-refractivity contribution is 5.97. The Morgan fingerprint density at radius 3 is 2.38 bits per heavy atom. The lowest BCUT2D eigenvalue weighted by Gasteiger charge is -2.19. The summed E-state index contributed by atoms with van der Waals surface area (Å²) in [4.78, 5) is 23.3. The van der Waals surface area contributed by atoms with Gasteiger partial charge in [0.25, 0.3) is 11.8 Å². The number of nitrogens with one attached hydrogen (secondary N) is 2. The molecule has 108 valence electrons. The summed E-state index contributed by atoms with van der Waals surface area (Å²) in [5.41, 5.74) is 2.30. The molecular formula is C15H14N2O4. The molecule has 0 aromatic heterocycles. The maximum atomic E-state index is 12.0. The van der Waals surface area contributed by atoms with Crippen molar-refractivity contribution in [2.45, 2.75) is 19.1 Å². The highest BCUT2D eigenvalue weighted by Crippen LogP contribution is 2.04. The van der Waals surface area contributed by atoms with Gasteiger partial charge < -0.3 is 10.4 Å². The maximum absolute atomic E-state index is 12.0. The van der Waals surface area contributed by atoms with Gasteiger partial charge in [0, 0.05) is 11.1 Å². The zero-order valence-electron chi connectivity index (χ0n) is 11.3. The van der Waals surface area contributed by atoms with Crippen LogP contribution in [0.4, 0.5) is 0 Å². The number of aliphatic hydroxyl groups is 1. The lowest BCUT2D eigenvalue weighted by molar-refractivity contribution is -0.133. The van der Waals surface area contributed by atoms with Gasteiger partial charge >= 0.3 is 0 Å². The van der Waals surface area contributed by atoms with Crippen molar-refractivity contribution in [2.75, 3.05) is 0 Å². The Kier molecular flexibility index (Phi) is 5.97. The van der Waals surface area contributed by atoms with Crippen LogP contribution >= 0.6 is 0 Å². The number of carbonyl (C=O) groups excluding carboxylic acids is 2. The summed E-state index contributed by atoms with van der Waals surface area (Å²) >= 11 is 0. The zero-order chi connectivity index (χ0) is 15.8. The maximum Gasteiger partial charge on any atom is 0.268 e. The minimum atomic E-state index is -1.26. The van der Waals surface area contributed by atoms with Crippen molar-refractivity contribution in [2.24, 2.45) is 0 Å². The SMILES string of the molecule is C#CC#Cc1ccc(C(=O)N[C@H](C(=O)NO)[C@@H](C)O)cc1. The average molecular weight is 286 g/mol. The van der Waals surface area contributed by atoms with E-state index in [9.17, 15) is 14.7 Å². The van der Waals surface area contributed by atoms with E-state index in [1.54, 1.807) is 12.1 Å². The normalized spacial score (nSPS) is 12.1. The van der Waals surface area contributed by atoms with Crippen molar-refractivity contribution in [1.82, 2.24) is 10.8 Å². The quantitative estimate of drug-likeness (QED) is 0.345. The molecule has 6 heteroatoms. The van der Waals surface area contributed by atoms with Gasteiger partial charge in [0.15, 0.2) is 0 Å². The highest BCUT2D eigenvalue weighted by atomic mass is 16.5. The molecule has 0 aliphatic heterocycles. The van der Waals surface area contributed by atoms with Gasteiger partial charge in [0.05, 0.1) is 6.10 Å². The van der Waals surface area contributed by atoms with Crippen molar-refractivity contribution in [3.63, 3.8) is 0 Å². The summed E-state index contributed by atoms with van der Waals surface area (Å²) in [6.07, 6.45) is 3.84. The van der Waals surface area contributed by atoms with Crippen LogP contribution in [0, 0.1) is 24.2 Å². The Morgan fingerprint density at radius 2 is 1.90 bits per heavy atom. The van der Waals surface area contributed by atoms with Gasteiger partial charge in [-0.2, -0.15) is 0 Å². The van der Waals surface area contributed by atoms with E-state index in [4.69, 9.17) is 11.6 Å². The van der Waals surface area contributed by atoms with E-state index >= 15 is 0 Å². The molecule has 0 saturated heterocycles. The first kappa shape index (κ1) is 16.3. The van der Waals surface area contributed by atoms with Crippen molar-refractivity contribution < 1.29 is 19.9 Å². The molecule has 1 rings (SSSR count). The number of hydroxylamine groups is 1. The Balaban J connectivity index is 2.84. The smallest absolute Gasteiger partial charge is 0.268 e. The number of hydrogen-bond acceptors (Lipinski definition) is 4. The predicted octanol–water partition coefficient (Wildman–Crippen LogP) is -0.344. The van der Waals surface area contributed by atoms with Crippen LogP contribution in [0.5, 0.6) is 0 Å². The Hall–Kier alpha value is -2.80. The second kappa shape index (κ2) is 7.71. The number of rotatable bonds is 4. The summed E-state index contributed by atoms with van der Waals surface area (Å²) in [6.45, 7) is 1.32. The third-order valence-corrected chi connectivity index (χ3v) is 2.59. The van der Waals surface area contributed by atoms with Crippen LogP contribution in [-0.4, -0.2) is 34.3 Å². The molecule has 0 aliphatic rings.